The van der Waals surface area contributed by atoms with Gasteiger partial charge in [-0.15, -0.1) is 0 Å². The maximum absolute atomic E-state index is 9.71. The Hall–Kier alpha value is 0.474. The Labute approximate surface area is 53.0 Å². The van der Waals surface area contributed by atoms with Crippen LogP contribution in [-0.2, 0) is 26.2 Å². The Morgan fingerprint density at radius 3 is 2.86 bits per heavy atom. The molecule has 0 fully saturated rings. The minimum atomic E-state index is -1.26. The average molecular weight is 137 g/mol. The third kappa shape index (κ3) is 6.47. The fourth-order valence-electron chi connectivity index (χ4n) is 0.258. The normalized spacial score (nSPS) is 8.14. The van der Waals surface area contributed by atoms with Gasteiger partial charge in [0.05, 0.1) is 0 Å². The molecule has 0 aliphatic carbocycles. The van der Waals surface area contributed by atoms with Crippen LogP contribution in [-0.4, -0.2) is 6.61 Å². The molecule has 3 heteroatoms. The van der Waals surface area contributed by atoms with Crippen molar-refractivity contribution in [2.24, 2.45) is 0 Å². The molecule has 0 saturated heterocycles. The van der Waals surface area contributed by atoms with Crippen molar-refractivity contribution in [3.63, 3.8) is 0 Å². The molecule has 0 aromatic rings. The molecule has 0 aliphatic rings. The Morgan fingerprint density at radius 1 is 1.71 bits per heavy atom. The van der Waals surface area contributed by atoms with Gasteiger partial charge in [-0.2, -0.15) is 0 Å². The van der Waals surface area contributed by atoms with Crippen molar-refractivity contribution in [1.82, 2.24) is 0 Å². The van der Waals surface area contributed by atoms with Gasteiger partial charge >= 0.3 is 52.5 Å². The zero-order valence-corrected chi connectivity index (χ0v) is 6.00. The second-order valence-corrected chi connectivity index (χ2v) is 2.00. The summed E-state index contributed by atoms with van der Waals surface area (Å²) in [5.74, 6) is 0. The van der Waals surface area contributed by atoms with Crippen molar-refractivity contribution in [3.05, 3.63) is 0 Å². The molecule has 0 amide bonds. The summed E-state index contributed by atoms with van der Waals surface area (Å²) in [4.78, 5) is 0. The van der Waals surface area contributed by atoms with Gasteiger partial charge in [0.1, 0.15) is 0 Å². The second kappa shape index (κ2) is 6.47. The van der Waals surface area contributed by atoms with Gasteiger partial charge in [-0.25, -0.2) is 0 Å². The van der Waals surface area contributed by atoms with Crippen molar-refractivity contribution in [2.45, 2.75) is 19.8 Å². The summed E-state index contributed by atoms with van der Waals surface area (Å²) >= 11 is -1.26. The molecular weight excluding hydrogens is 128 g/mol. The van der Waals surface area contributed by atoms with E-state index in [1.807, 2.05) is 0 Å². The van der Waals surface area contributed by atoms with Crippen molar-refractivity contribution < 1.29 is 26.2 Å². The van der Waals surface area contributed by atoms with E-state index < -0.39 is 19.5 Å². The maximum atomic E-state index is 9.71. The van der Waals surface area contributed by atoms with Crippen LogP contribution in [0.5, 0.6) is 0 Å². The van der Waals surface area contributed by atoms with Gasteiger partial charge < -0.3 is 0 Å². The van der Waals surface area contributed by atoms with Gasteiger partial charge in [-0.1, -0.05) is 0 Å². The Morgan fingerprint density at radius 2 is 2.43 bits per heavy atom. The topological polar surface area (TPSA) is 26.3 Å². The summed E-state index contributed by atoms with van der Waals surface area (Å²) in [6.45, 7) is 2.76. The van der Waals surface area contributed by atoms with E-state index in [1.54, 1.807) is 0 Å². The van der Waals surface area contributed by atoms with E-state index in [9.17, 15) is 3.32 Å². The Balaban J connectivity index is 2.56. The molecule has 0 radical (unpaired) electrons. The molecule has 0 spiro atoms. The SMILES string of the molecule is CCCC[O][Ti]=[O]. The predicted molar refractivity (Wildman–Crippen MR) is 21.5 cm³/mol. The quantitative estimate of drug-likeness (QED) is 0.429. The van der Waals surface area contributed by atoms with Crippen molar-refractivity contribution in [2.75, 3.05) is 6.61 Å². The number of unbranched alkanes of at least 4 members (excludes halogenated alkanes) is 1. The van der Waals surface area contributed by atoms with E-state index >= 15 is 0 Å². The fourth-order valence-corrected chi connectivity index (χ4v) is 0.614. The van der Waals surface area contributed by atoms with Gasteiger partial charge in [0.15, 0.2) is 0 Å². The molecule has 41 valence electrons. The first-order valence-corrected chi connectivity index (χ1v) is 3.68. The molecule has 0 heterocycles. The zero-order chi connectivity index (χ0) is 5.54. The van der Waals surface area contributed by atoms with Crippen molar-refractivity contribution in [3.8, 4) is 0 Å². The van der Waals surface area contributed by atoms with Gasteiger partial charge in [0.25, 0.3) is 0 Å². The van der Waals surface area contributed by atoms with E-state index in [2.05, 4.69) is 10.2 Å². The van der Waals surface area contributed by atoms with Crippen LogP contribution in [0.1, 0.15) is 19.8 Å². The predicted octanol–water partition coefficient (Wildman–Crippen LogP) is 1.15. The molecule has 7 heavy (non-hydrogen) atoms. The van der Waals surface area contributed by atoms with Crippen molar-refractivity contribution >= 4 is 0 Å². The number of hydrogen-bond donors (Lipinski definition) is 0. The van der Waals surface area contributed by atoms with E-state index in [-0.39, 0.29) is 0 Å². The summed E-state index contributed by atoms with van der Waals surface area (Å²) in [5.41, 5.74) is 0. The molecule has 0 aromatic carbocycles. The standard InChI is InChI=1S/C4H9O.O.Ti/c1-2-3-4-5;;/h2-4H2,1H3;;/q-1;;+1. The second-order valence-electron chi connectivity index (χ2n) is 1.29. The van der Waals surface area contributed by atoms with Crippen LogP contribution in [0, 0.1) is 0 Å². The first-order valence-electron chi connectivity index (χ1n) is 2.40. The fraction of sp³-hybridized carbons (Fsp3) is 1.00. The van der Waals surface area contributed by atoms with Crippen LogP contribution in [0.25, 0.3) is 0 Å². The van der Waals surface area contributed by atoms with E-state index in [4.69, 9.17) is 0 Å². The summed E-state index contributed by atoms with van der Waals surface area (Å²) in [7, 11) is 0. The molecule has 0 atom stereocenters. The van der Waals surface area contributed by atoms with Crippen LogP contribution in [0.3, 0.4) is 0 Å². The van der Waals surface area contributed by atoms with Crippen LogP contribution >= 0.6 is 0 Å². The average Bonchev–Trinajstić information content (AvgIpc) is 1.69. The van der Waals surface area contributed by atoms with Gasteiger partial charge in [-0.05, 0) is 0 Å². The monoisotopic (exact) mass is 137 g/mol. The molecule has 0 aliphatic heterocycles. The number of hydrogen-bond acceptors (Lipinski definition) is 2. The molecule has 2 nitrogen and oxygen atoms in total. The Bertz CT molecular complexity index is 47.0. The molecule has 0 unspecified atom stereocenters. The summed E-state index contributed by atoms with van der Waals surface area (Å²) in [6.07, 6.45) is 2.15. The first kappa shape index (κ1) is 7.47. The molecule has 0 saturated carbocycles. The van der Waals surface area contributed by atoms with Crippen LogP contribution in [0.2, 0.25) is 0 Å². The van der Waals surface area contributed by atoms with Gasteiger partial charge in [0, 0.05) is 0 Å². The summed E-state index contributed by atoms with van der Waals surface area (Å²) < 4.78 is 14.4. The van der Waals surface area contributed by atoms with E-state index in [1.165, 1.54) is 0 Å². The minimum absolute atomic E-state index is 0.681. The van der Waals surface area contributed by atoms with E-state index in [0.717, 1.165) is 12.8 Å². The summed E-state index contributed by atoms with van der Waals surface area (Å²) in [5, 5.41) is 0. The summed E-state index contributed by atoms with van der Waals surface area (Å²) in [6, 6.07) is 0. The van der Waals surface area contributed by atoms with E-state index in [0.29, 0.717) is 6.61 Å². The van der Waals surface area contributed by atoms with Gasteiger partial charge in [0.2, 0.25) is 0 Å². The molecule has 0 aromatic heterocycles. The van der Waals surface area contributed by atoms with Crippen LogP contribution in [0.4, 0.5) is 0 Å². The van der Waals surface area contributed by atoms with Crippen LogP contribution in [0.15, 0.2) is 0 Å². The third-order valence-corrected chi connectivity index (χ3v) is 1.16. The molecular formula is C4H9O2Ti. The first-order chi connectivity index (χ1) is 3.41. The Kier molecular flexibility index (Phi) is 6.91. The van der Waals surface area contributed by atoms with Crippen LogP contribution < -0.4 is 0 Å². The van der Waals surface area contributed by atoms with Crippen molar-refractivity contribution in [1.29, 1.82) is 0 Å². The third-order valence-electron chi connectivity index (χ3n) is 0.659. The molecule has 0 rings (SSSR count). The number of rotatable bonds is 4. The zero-order valence-electron chi connectivity index (χ0n) is 4.44. The van der Waals surface area contributed by atoms with Gasteiger partial charge in [-0.3, -0.25) is 0 Å². The molecule has 0 N–H and O–H groups in total. The molecule has 0 bridgehead atoms.